The number of hydrogen-bond donors (Lipinski definition) is 1. The first kappa shape index (κ1) is 4.32. The Kier molecular flexibility index (Phi) is 1.40. The number of terminal acetylenes is 1. The fourth-order valence-electron chi connectivity index (χ4n) is 0. The van der Waals surface area contributed by atoms with Crippen LogP contribution in [0.25, 0.3) is 0 Å². The molecule has 0 aliphatic heterocycles. The first-order valence-corrected chi connectivity index (χ1v) is 1.16. The van der Waals surface area contributed by atoms with Gasteiger partial charge in [-0.1, -0.05) is 6.42 Å². The van der Waals surface area contributed by atoms with E-state index in [0.29, 0.717) is 5.06 Å². The fraction of sp³-hybridized carbons (Fsp3) is 0.333. The van der Waals surface area contributed by atoms with Gasteiger partial charge in [-0.05, 0) is 0 Å². The van der Waals surface area contributed by atoms with Crippen molar-refractivity contribution in [3.8, 4) is 12.5 Å². The summed E-state index contributed by atoms with van der Waals surface area (Å²) in [5, 5.41) is 8.61. The summed E-state index contributed by atoms with van der Waals surface area (Å²) >= 11 is 0. The Bertz CT molecular complexity index is 52.4. The molecule has 2 heteroatoms. The van der Waals surface area contributed by atoms with Crippen molar-refractivity contribution in [2.24, 2.45) is 0 Å². The molecule has 2 nitrogen and oxygen atoms in total. The maximum Gasteiger partial charge on any atom is 0.0430 e. The molecule has 0 atom stereocenters. The summed E-state index contributed by atoms with van der Waals surface area (Å²) in [6.07, 6.45) is 4.60. The molecule has 5 heavy (non-hydrogen) atoms. The van der Waals surface area contributed by atoms with E-state index in [9.17, 15) is 0 Å². The third-order valence-corrected chi connectivity index (χ3v) is 0.187. The second-order valence-corrected chi connectivity index (χ2v) is 0.653. The summed E-state index contributed by atoms with van der Waals surface area (Å²) in [6.45, 7) is 0. The van der Waals surface area contributed by atoms with E-state index in [2.05, 4.69) is 6.42 Å². The van der Waals surface area contributed by atoms with Gasteiger partial charge >= 0.3 is 0 Å². The molecule has 0 bridgehead atoms. The van der Waals surface area contributed by atoms with Crippen LogP contribution in [0, 0.1) is 12.5 Å². The summed E-state index contributed by atoms with van der Waals surface area (Å²) in [6, 6.07) is 1.92. The Hall–Kier alpha value is -0.680. The van der Waals surface area contributed by atoms with Gasteiger partial charge in [-0.2, -0.15) is 0 Å². The van der Waals surface area contributed by atoms with Crippen LogP contribution in [-0.4, -0.2) is 17.3 Å². The van der Waals surface area contributed by atoms with Crippen molar-refractivity contribution in [3.63, 3.8) is 0 Å². The maximum atomic E-state index is 7.96. The van der Waals surface area contributed by atoms with Crippen LogP contribution in [0.5, 0.6) is 0 Å². The highest BCUT2D eigenvalue weighted by Gasteiger charge is 1.64. The zero-order chi connectivity index (χ0) is 4.28. The average molecular weight is 71.1 g/mol. The van der Waals surface area contributed by atoms with Crippen LogP contribution >= 0.6 is 0 Å². The lowest BCUT2D eigenvalue weighted by molar-refractivity contribution is 0.000201. The molecular formula is C3H5NO. The van der Waals surface area contributed by atoms with Gasteiger partial charge in [0.05, 0.1) is 0 Å². The molecule has 0 saturated carbocycles. The lowest BCUT2D eigenvalue weighted by atomic mass is 11.1. The van der Waals surface area contributed by atoms with E-state index in [1.807, 2.05) is 6.04 Å². The van der Waals surface area contributed by atoms with Gasteiger partial charge in [-0.3, -0.25) is 5.21 Å². The van der Waals surface area contributed by atoms with Gasteiger partial charge < -0.3 is 0 Å². The van der Waals surface area contributed by atoms with Crippen molar-refractivity contribution in [3.05, 3.63) is 0 Å². The molecule has 0 unspecified atom stereocenters. The number of hydrogen-bond acceptors (Lipinski definition) is 2. The Morgan fingerprint density at radius 3 is 2.20 bits per heavy atom. The highest BCUT2D eigenvalue weighted by Crippen LogP contribution is 1.55. The molecule has 0 fully saturated rings. The van der Waals surface area contributed by atoms with Gasteiger partial charge in [-0.25, -0.2) is 5.06 Å². The lowest BCUT2D eigenvalue weighted by Gasteiger charge is -1.91. The van der Waals surface area contributed by atoms with Crippen LogP contribution in [0.15, 0.2) is 0 Å². The minimum atomic E-state index is 0.653. The standard InChI is InChI=1S/C3H5NO/c1-3-4(2)5/h1,5H,2H3. The molecule has 0 spiro atoms. The first-order valence-electron chi connectivity index (χ1n) is 1.16. The van der Waals surface area contributed by atoms with Crippen LogP contribution in [0.1, 0.15) is 0 Å². The quantitative estimate of drug-likeness (QED) is 0.245. The minimum Gasteiger partial charge on any atom is -0.281 e. The van der Waals surface area contributed by atoms with Gasteiger partial charge in [0.1, 0.15) is 0 Å². The zero-order valence-electron chi connectivity index (χ0n) is 2.97. The Morgan fingerprint density at radius 1 is 2.00 bits per heavy atom. The Morgan fingerprint density at radius 2 is 2.20 bits per heavy atom. The maximum absolute atomic E-state index is 7.96. The van der Waals surface area contributed by atoms with Crippen LogP contribution in [-0.2, 0) is 0 Å². The van der Waals surface area contributed by atoms with E-state index in [1.54, 1.807) is 0 Å². The smallest absolute Gasteiger partial charge is 0.0430 e. The van der Waals surface area contributed by atoms with Crippen LogP contribution < -0.4 is 0 Å². The number of hydroxylamine groups is 2. The summed E-state index contributed by atoms with van der Waals surface area (Å²) in [5.41, 5.74) is 0. The molecule has 0 aromatic heterocycles. The van der Waals surface area contributed by atoms with Gasteiger partial charge in [0.15, 0.2) is 0 Å². The molecule has 0 aliphatic rings. The number of nitrogens with zero attached hydrogens (tertiary/aromatic N) is 1. The molecule has 0 aliphatic carbocycles. The second kappa shape index (κ2) is 1.62. The third-order valence-electron chi connectivity index (χ3n) is 0.187. The van der Waals surface area contributed by atoms with E-state index in [-0.39, 0.29) is 0 Å². The van der Waals surface area contributed by atoms with Gasteiger partial charge in [0, 0.05) is 13.1 Å². The van der Waals surface area contributed by atoms with Gasteiger partial charge in [0.2, 0.25) is 0 Å². The van der Waals surface area contributed by atoms with Crippen molar-refractivity contribution in [2.75, 3.05) is 7.05 Å². The number of rotatable bonds is 0. The highest BCUT2D eigenvalue weighted by atomic mass is 16.5. The van der Waals surface area contributed by atoms with Crippen molar-refractivity contribution in [1.82, 2.24) is 5.06 Å². The molecular weight excluding hydrogens is 66.0 g/mol. The second-order valence-electron chi connectivity index (χ2n) is 0.653. The first-order chi connectivity index (χ1) is 2.27. The molecule has 28 valence electrons. The van der Waals surface area contributed by atoms with Crippen LogP contribution in [0.2, 0.25) is 0 Å². The zero-order valence-corrected chi connectivity index (χ0v) is 2.97. The molecule has 0 radical (unpaired) electrons. The van der Waals surface area contributed by atoms with Crippen LogP contribution in [0.4, 0.5) is 0 Å². The molecule has 1 N–H and O–H groups in total. The van der Waals surface area contributed by atoms with Gasteiger partial charge in [-0.15, -0.1) is 0 Å². The van der Waals surface area contributed by atoms with Crippen molar-refractivity contribution < 1.29 is 5.21 Å². The minimum absolute atomic E-state index is 0.653. The molecule has 0 amide bonds. The topological polar surface area (TPSA) is 23.5 Å². The third kappa shape index (κ3) is 3.32. The van der Waals surface area contributed by atoms with E-state index >= 15 is 0 Å². The molecule has 0 rings (SSSR count). The van der Waals surface area contributed by atoms with Crippen LogP contribution in [0.3, 0.4) is 0 Å². The fourth-order valence-corrected chi connectivity index (χ4v) is 0. The van der Waals surface area contributed by atoms with E-state index in [0.717, 1.165) is 0 Å². The summed E-state index contributed by atoms with van der Waals surface area (Å²) in [4.78, 5) is 0. The predicted octanol–water partition coefficient (Wildman–Crippen LogP) is -0.102. The predicted molar refractivity (Wildman–Crippen MR) is 18.4 cm³/mol. The monoisotopic (exact) mass is 71.0 g/mol. The molecule has 0 aromatic carbocycles. The Labute approximate surface area is 31.0 Å². The van der Waals surface area contributed by atoms with E-state index in [4.69, 9.17) is 5.21 Å². The molecule has 0 saturated heterocycles. The van der Waals surface area contributed by atoms with Crippen molar-refractivity contribution >= 4 is 0 Å². The lowest BCUT2D eigenvalue weighted by Crippen LogP contribution is -2.00. The highest BCUT2D eigenvalue weighted by molar-refractivity contribution is 4.74. The van der Waals surface area contributed by atoms with Crippen molar-refractivity contribution in [2.45, 2.75) is 0 Å². The molecule has 0 heterocycles. The van der Waals surface area contributed by atoms with Gasteiger partial charge in [0.25, 0.3) is 0 Å². The SMILES string of the molecule is C#CN(C)O. The van der Waals surface area contributed by atoms with E-state index < -0.39 is 0 Å². The normalized spacial score (nSPS) is 5.80. The summed E-state index contributed by atoms with van der Waals surface area (Å²) in [5.74, 6) is 0. The summed E-state index contributed by atoms with van der Waals surface area (Å²) in [7, 11) is 1.38. The van der Waals surface area contributed by atoms with Crippen molar-refractivity contribution in [1.29, 1.82) is 0 Å². The average Bonchev–Trinajstić information content (AvgIpc) is 1.38. The largest absolute Gasteiger partial charge is 0.281 e. The summed E-state index contributed by atoms with van der Waals surface area (Å²) < 4.78 is 0. The molecule has 0 aromatic rings. The Balaban J connectivity index is 2.94. The van der Waals surface area contributed by atoms with E-state index in [1.165, 1.54) is 7.05 Å².